The number of amides is 1. The summed E-state index contributed by atoms with van der Waals surface area (Å²) in [4.78, 5) is 15.1. The van der Waals surface area contributed by atoms with Gasteiger partial charge in [-0.25, -0.2) is 0 Å². The quantitative estimate of drug-likeness (QED) is 0.838. The minimum atomic E-state index is -0.850. The molecule has 1 aliphatic heterocycles. The first kappa shape index (κ1) is 17.6. The van der Waals surface area contributed by atoms with Crippen molar-refractivity contribution in [3.63, 3.8) is 0 Å². The number of hydrogen-bond donors (Lipinski definition) is 1. The van der Waals surface area contributed by atoms with Crippen LogP contribution in [-0.4, -0.2) is 28.5 Å². The number of aliphatic hydroxyl groups is 1. The molecule has 3 nitrogen and oxygen atoms in total. The van der Waals surface area contributed by atoms with Crippen molar-refractivity contribution < 1.29 is 9.90 Å². The second kappa shape index (κ2) is 7.05. The minimum absolute atomic E-state index is 0.0273. The van der Waals surface area contributed by atoms with E-state index in [-0.39, 0.29) is 17.9 Å². The van der Waals surface area contributed by atoms with Gasteiger partial charge in [-0.1, -0.05) is 60.8 Å². The van der Waals surface area contributed by atoms with Crippen molar-refractivity contribution in [3.8, 4) is 0 Å². The fourth-order valence-electron chi connectivity index (χ4n) is 4.81. The van der Waals surface area contributed by atoms with Crippen molar-refractivity contribution in [2.45, 2.75) is 43.7 Å². The molecule has 4 rings (SSSR count). The molecule has 1 unspecified atom stereocenters. The van der Waals surface area contributed by atoms with E-state index in [2.05, 4.69) is 0 Å². The molecule has 2 aromatic carbocycles. The van der Waals surface area contributed by atoms with Crippen LogP contribution in [0.5, 0.6) is 0 Å². The predicted octanol–water partition coefficient (Wildman–Crippen LogP) is 4.63. The maximum Gasteiger partial charge on any atom is 0.254 e. The lowest BCUT2D eigenvalue weighted by molar-refractivity contribution is -0.110. The molecule has 1 heterocycles. The van der Waals surface area contributed by atoms with Crippen molar-refractivity contribution >= 4 is 17.5 Å². The molecule has 1 saturated carbocycles. The van der Waals surface area contributed by atoms with Crippen LogP contribution in [0.2, 0.25) is 5.02 Å². The van der Waals surface area contributed by atoms with Gasteiger partial charge in [0.1, 0.15) is 0 Å². The zero-order chi connectivity index (χ0) is 18.1. The van der Waals surface area contributed by atoms with Crippen LogP contribution in [0.3, 0.4) is 0 Å². The van der Waals surface area contributed by atoms with E-state index >= 15 is 0 Å². The van der Waals surface area contributed by atoms with Crippen LogP contribution < -0.4 is 0 Å². The normalized spacial score (nSPS) is 28.5. The highest BCUT2D eigenvalue weighted by Gasteiger charge is 2.50. The summed E-state index contributed by atoms with van der Waals surface area (Å²) in [5.41, 5.74) is 0.760. The SMILES string of the molecule is O=C(c1cccc(Cl)c1)N1CC[C@@](O)(c2ccccc2)[C@@H]2CCCCC21. The van der Waals surface area contributed by atoms with E-state index in [1.54, 1.807) is 12.1 Å². The van der Waals surface area contributed by atoms with E-state index in [0.717, 1.165) is 31.2 Å². The molecule has 0 spiro atoms. The molecule has 3 atom stereocenters. The highest BCUT2D eigenvalue weighted by Crippen LogP contribution is 2.47. The summed E-state index contributed by atoms with van der Waals surface area (Å²) in [5.74, 6) is 0.107. The molecular weight excluding hydrogens is 346 g/mol. The lowest BCUT2D eigenvalue weighted by Crippen LogP contribution is -2.58. The van der Waals surface area contributed by atoms with Gasteiger partial charge in [0.05, 0.1) is 5.60 Å². The number of rotatable bonds is 2. The summed E-state index contributed by atoms with van der Waals surface area (Å²) >= 11 is 6.08. The molecule has 0 radical (unpaired) electrons. The average molecular weight is 370 g/mol. The first-order valence-electron chi connectivity index (χ1n) is 9.44. The number of benzene rings is 2. The van der Waals surface area contributed by atoms with Crippen molar-refractivity contribution in [2.75, 3.05) is 6.54 Å². The summed E-state index contributed by atoms with van der Waals surface area (Å²) in [6.07, 6.45) is 4.69. The lowest BCUT2D eigenvalue weighted by atomic mass is 9.66. The first-order chi connectivity index (χ1) is 12.6. The predicted molar refractivity (Wildman–Crippen MR) is 103 cm³/mol. The van der Waals surface area contributed by atoms with Gasteiger partial charge in [-0.15, -0.1) is 0 Å². The Labute approximate surface area is 159 Å². The molecule has 26 heavy (non-hydrogen) atoms. The Morgan fingerprint density at radius 1 is 1.08 bits per heavy atom. The third-order valence-corrected chi connectivity index (χ3v) is 6.32. The van der Waals surface area contributed by atoms with Crippen LogP contribution >= 0.6 is 11.6 Å². The molecule has 1 amide bonds. The molecule has 2 fully saturated rings. The van der Waals surface area contributed by atoms with E-state index in [1.807, 2.05) is 47.4 Å². The van der Waals surface area contributed by atoms with Crippen LogP contribution in [0, 0.1) is 5.92 Å². The number of piperidine rings is 1. The Morgan fingerprint density at radius 3 is 2.62 bits per heavy atom. The Hall–Kier alpha value is -1.84. The fraction of sp³-hybridized carbons (Fsp3) is 0.409. The molecule has 0 bridgehead atoms. The van der Waals surface area contributed by atoms with Gasteiger partial charge >= 0.3 is 0 Å². The second-order valence-corrected chi connectivity index (χ2v) is 7.94. The van der Waals surface area contributed by atoms with Gasteiger partial charge in [-0.3, -0.25) is 4.79 Å². The molecule has 2 aromatic rings. The van der Waals surface area contributed by atoms with Gasteiger partial charge in [-0.2, -0.15) is 0 Å². The van der Waals surface area contributed by atoms with Crippen molar-refractivity contribution in [1.29, 1.82) is 0 Å². The van der Waals surface area contributed by atoms with Crippen molar-refractivity contribution in [1.82, 2.24) is 4.90 Å². The third kappa shape index (κ3) is 3.04. The van der Waals surface area contributed by atoms with Crippen LogP contribution in [-0.2, 0) is 5.60 Å². The van der Waals surface area contributed by atoms with Crippen LogP contribution in [0.15, 0.2) is 54.6 Å². The fourth-order valence-corrected chi connectivity index (χ4v) is 5.00. The van der Waals surface area contributed by atoms with E-state index in [4.69, 9.17) is 11.6 Å². The monoisotopic (exact) mass is 369 g/mol. The van der Waals surface area contributed by atoms with Crippen molar-refractivity contribution in [2.24, 2.45) is 5.92 Å². The Kier molecular flexibility index (Phi) is 4.76. The number of hydrogen-bond acceptors (Lipinski definition) is 2. The Morgan fingerprint density at radius 2 is 1.85 bits per heavy atom. The Bertz CT molecular complexity index is 794. The summed E-state index contributed by atoms with van der Waals surface area (Å²) < 4.78 is 0. The smallest absolute Gasteiger partial charge is 0.254 e. The third-order valence-electron chi connectivity index (χ3n) is 6.08. The molecule has 1 aliphatic carbocycles. The van der Waals surface area contributed by atoms with E-state index in [9.17, 15) is 9.90 Å². The number of fused-ring (bicyclic) bond motifs is 1. The molecule has 0 aromatic heterocycles. The summed E-state index contributed by atoms with van der Waals surface area (Å²) in [7, 11) is 0. The average Bonchev–Trinajstić information content (AvgIpc) is 2.69. The van der Waals surface area contributed by atoms with Crippen LogP contribution in [0.4, 0.5) is 0 Å². The summed E-state index contributed by atoms with van der Waals surface area (Å²) in [6, 6.07) is 17.2. The first-order valence-corrected chi connectivity index (χ1v) is 9.82. The van der Waals surface area contributed by atoms with E-state index < -0.39 is 5.60 Å². The molecule has 1 saturated heterocycles. The number of halogens is 1. The molecule has 2 aliphatic rings. The van der Waals surface area contributed by atoms with Gasteiger partial charge in [-0.05, 0) is 43.0 Å². The minimum Gasteiger partial charge on any atom is -0.385 e. The van der Waals surface area contributed by atoms with Crippen molar-refractivity contribution in [3.05, 3.63) is 70.7 Å². The highest BCUT2D eigenvalue weighted by molar-refractivity contribution is 6.30. The number of nitrogens with zero attached hydrogens (tertiary/aromatic N) is 1. The number of carbonyl (C=O) groups excluding carboxylic acids is 1. The lowest BCUT2D eigenvalue weighted by Gasteiger charge is -2.52. The Balaban J connectivity index is 1.66. The number of carbonyl (C=O) groups is 1. The van der Waals surface area contributed by atoms with Gasteiger partial charge in [0, 0.05) is 29.1 Å². The van der Waals surface area contributed by atoms with E-state index in [0.29, 0.717) is 23.6 Å². The largest absolute Gasteiger partial charge is 0.385 e. The molecule has 4 heteroatoms. The molecule has 1 N–H and O–H groups in total. The molecular formula is C22H24ClNO2. The topological polar surface area (TPSA) is 40.5 Å². The van der Waals surface area contributed by atoms with Crippen LogP contribution in [0.1, 0.15) is 48.0 Å². The molecule has 136 valence electrons. The number of likely N-dealkylation sites (tertiary alicyclic amines) is 1. The highest BCUT2D eigenvalue weighted by atomic mass is 35.5. The van der Waals surface area contributed by atoms with Gasteiger partial charge in [0.2, 0.25) is 0 Å². The van der Waals surface area contributed by atoms with Gasteiger partial charge in [0.15, 0.2) is 0 Å². The van der Waals surface area contributed by atoms with Gasteiger partial charge in [0.25, 0.3) is 5.91 Å². The summed E-state index contributed by atoms with van der Waals surface area (Å²) in [6.45, 7) is 0.567. The zero-order valence-corrected chi connectivity index (χ0v) is 15.5. The van der Waals surface area contributed by atoms with Crippen LogP contribution in [0.25, 0.3) is 0 Å². The summed E-state index contributed by atoms with van der Waals surface area (Å²) in [5, 5.41) is 12.2. The zero-order valence-electron chi connectivity index (χ0n) is 14.8. The standard InChI is InChI=1S/C22H24ClNO2/c23-18-10-6-7-16(15-18)21(25)24-14-13-22(26,17-8-2-1-3-9-17)19-11-4-5-12-20(19)24/h1-3,6-10,15,19-20,26H,4-5,11-14H2/t19-,20?,22-/m1/s1. The van der Waals surface area contributed by atoms with E-state index in [1.165, 1.54) is 0 Å². The maximum absolute atomic E-state index is 13.1. The maximum atomic E-state index is 13.1. The van der Waals surface area contributed by atoms with Gasteiger partial charge < -0.3 is 10.0 Å². The second-order valence-electron chi connectivity index (χ2n) is 7.51.